The van der Waals surface area contributed by atoms with Crippen molar-refractivity contribution in [1.29, 1.82) is 0 Å². The number of hydrogen-bond acceptors (Lipinski definition) is 8. The Labute approximate surface area is 178 Å². The molecular weight excluding hydrogens is 396 g/mol. The molecule has 5 rings (SSSR count). The van der Waals surface area contributed by atoms with Crippen LogP contribution in [0.4, 0.5) is 5.13 Å². The number of phenolic OH excluding ortho intramolecular Hbond substituents is 1. The maximum Gasteiger partial charge on any atom is 0.183 e. The Morgan fingerprint density at radius 2 is 1.70 bits per heavy atom. The van der Waals surface area contributed by atoms with E-state index in [-0.39, 0.29) is 5.75 Å². The summed E-state index contributed by atoms with van der Waals surface area (Å²) in [4.78, 5) is 23.6. The van der Waals surface area contributed by atoms with Crippen LogP contribution < -0.4 is 5.32 Å². The smallest absolute Gasteiger partial charge is 0.183 e. The molecule has 0 spiro atoms. The van der Waals surface area contributed by atoms with E-state index in [1.54, 1.807) is 42.1 Å². The molecule has 3 heterocycles. The topological polar surface area (TPSA) is 96.7 Å². The van der Waals surface area contributed by atoms with Gasteiger partial charge in [0.2, 0.25) is 0 Å². The van der Waals surface area contributed by atoms with E-state index < -0.39 is 0 Å². The number of hydrogen-bond donors (Lipinski definition) is 2. The first-order chi connectivity index (χ1) is 14.6. The van der Waals surface area contributed by atoms with Crippen LogP contribution in [0.5, 0.6) is 5.75 Å². The monoisotopic (exact) mass is 416 g/mol. The molecule has 1 aliphatic rings. The molecule has 150 valence electrons. The lowest BCUT2D eigenvalue weighted by Crippen LogP contribution is -1.99. The molecule has 0 saturated heterocycles. The number of benzene rings is 1. The first-order valence-corrected chi connectivity index (χ1v) is 10.6. The highest BCUT2D eigenvalue weighted by Crippen LogP contribution is 2.36. The number of nitrogens with zero attached hydrogens (tertiary/aromatic N) is 5. The van der Waals surface area contributed by atoms with Crippen LogP contribution in [0.3, 0.4) is 0 Å². The summed E-state index contributed by atoms with van der Waals surface area (Å²) in [7, 11) is 0. The maximum atomic E-state index is 9.95. The number of rotatable bonds is 5. The summed E-state index contributed by atoms with van der Waals surface area (Å²) >= 11 is 1.58. The van der Waals surface area contributed by atoms with E-state index in [9.17, 15) is 5.11 Å². The van der Waals surface area contributed by atoms with Crippen LogP contribution in [0.2, 0.25) is 0 Å². The third-order valence-corrected chi connectivity index (χ3v) is 5.91. The van der Waals surface area contributed by atoms with E-state index in [1.807, 2.05) is 26.1 Å². The van der Waals surface area contributed by atoms with Gasteiger partial charge in [0.05, 0.1) is 22.5 Å². The Morgan fingerprint density at radius 1 is 0.933 bits per heavy atom. The molecule has 2 N–H and O–H groups in total. The molecule has 4 aromatic rings. The molecule has 0 unspecified atom stereocenters. The Balaban J connectivity index is 1.65. The molecule has 1 aromatic carbocycles. The van der Waals surface area contributed by atoms with E-state index in [0.29, 0.717) is 17.6 Å². The summed E-state index contributed by atoms with van der Waals surface area (Å²) in [6.45, 7) is 3.94. The first-order valence-electron chi connectivity index (χ1n) is 9.75. The van der Waals surface area contributed by atoms with Gasteiger partial charge in [-0.05, 0) is 56.0 Å². The van der Waals surface area contributed by atoms with Crippen LogP contribution in [0, 0.1) is 13.8 Å². The highest BCUT2D eigenvalue weighted by atomic mass is 32.1. The molecule has 1 saturated carbocycles. The zero-order valence-electron chi connectivity index (χ0n) is 16.6. The standard InChI is InChI=1S/C22H20N6OS/c1-12-7-15(29)8-13(2)20(12)17-9-16(19-11-25-22(30-19)26-14-3-4-14)27-21(28-17)18-10-23-5-6-24-18/h5-11,14,29H,3-4H2,1-2H3,(H,25,26). The summed E-state index contributed by atoms with van der Waals surface area (Å²) in [6, 6.07) is 6.01. The molecule has 3 aromatic heterocycles. The van der Waals surface area contributed by atoms with Gasteiger partial charge in [-0.15, -0.1) is 0 Å². The van der Waals surface area contributed by atoms with Crippen molar-refractivity contribution < 1.29 is 5.11 Å². The Morgan fingerprint density at radius 3 is 2.40 bits per heavy atom. The van der Waals surface area contributed by atoms with Crippen LogP contribution in [-0.2, 0) is 0 Å². The number of phenols is 1. The first kappa shape index (κ1) is 18.6. The molecule has 1 aliphatic carbocycles. The van der Waals surface area contributed by atoms with Crippen LogP contribution in [0.1, 0.15) is 24.0 Å². The van der Waals surface area contributed by atoms with Crippen LogP contribution in [-0.4, -0.2) is 36.1 Å². The Kier molecular flexibility index (Phi) is 4.63. The van der Waals surface area contributed by atoms with Gasteiger partial charge in [0.25, 0.3) is 0 Å². The third kappa shape index (κ3) is 3.73. The van der Waals surface area contributed by atoms with E-state index in [0.717, 1.165) is 38.1 Å². The van der Waals surface area contributed by atoms with Crippen molar-refractivity contribution in [3.63, 3.8) is 0 Å². The zero-order chi connectivity index (χ0) is 20.7. The molecule has 0 aliphatic heterocycles. The number of anilines is 1. The summed E-state index contributed by atoms with van der Waals surface area (Å²) in [5, 5.41) is 14.3. The lowest BCUT2D eigenvalue weighted by Gasteiger charge is -2.12. The molecule has 0 radical (unpaired) electrons. The van der Waals surface area contributed by atoms with Gasteiger partial charge in [0.15, 0.2) is 11.0 Å². The molecular formula is C22H20N6OS. The number of thiazole rings is 1. The minimum atomic E-state index is 0.246. The second kappa shape index (κ2) is 7.46. The highest BCUT2D eigenvalue weighted by molar-refractivity contribution is 7.18. The van der Waals surface area contributed by atoms with Crippen LogP contribution in [0.25, 0.3) is 33.3 Å². The van der Waals surface area contributed by atoms with Gasteiger partial charge >= 0.3 is 0 Å². The second-order valence-electron chi connectivity index (χ2n) is 7.46. The average molecular weight is 417 g/mol. The van der Waals surface area contributed by atoms with Gasteiger partial charge in [-0.25, -0.2) is 19.9 Å². The fourth-order valence-corrected chi connectivity index (χ4v) is 4.29. The van der Waals surface area contributed by atoms with Gasteiger partial charge < -0.3 is 10.4 Å². The molecule has 0 atom stereocenters. The normalized spacial score (nSPS) is 13.4. The van der Waals surface area contributed by atoms with Crippen molar-refractivity contribution in [3.05, 3.63) is 54.1 Å². The largest absolute Gasteiger partial charge is 0.508 e. The van der Waals surface area contributed by atoms with E-state index in [2.05, 4.69) is 20.3 Å². The minimum Gasteiger partial charge on any atom is -0.508 e. The van der Waals surface area contributed by atoms with Crippen molar-refractivity contribution in [2.24, 2.45) is 0 Å². The van der Waals surface area contributed by atoms with Gasteiger partial charge in [-0.1, -0.05) is 11.3 Å². The number of aromatic nitrogens is 5. The quantitative estimate of drug-likeness (QED) is 0.490. The van der Waals surface area contributed by atoms with Crippen molar-refractivity contribution in [2.45, 2.75) is 32.7 Å². The van der Waals surface area contributed by atoms with Crippen molar-refractivity contribution in [3.8, 4) is 39.1 Å². The van der Waals surface area contributed by atoms with Crippen molar-refractivity contribution in [1.82, 2.24) is 24.9 Å². The van der Waals surface area contributed by atoms with Gasteiger partial charge in [0, 0.05) is 30.2 Å². The Hall–Kier alpha value is -3.39. The Bertz CT molecular complexity index is 1200. The second-order valence-corrected chi connectivity index (χ2v) is 8.49. The fraction of sp³-hybridized carbons (Fsp3) is 0.227. The van der Waals surface area contributed by atoms with Crippen molar-refractivity contribution >= 4 is 16.5 Å². The predicted octanol–water partition coefficient (Wildman–Crippen LogP) is 4.62. The maximum absolute atomic E-state index is 9.95. The average Bonchev–Trinajstić information content (AvgIpc) is 3.42. The summed E-state index contributed by atoms with van der Waals surface area (Å²) in [5.41, 5.74) is 5.04. The lowest BCUT2D eigenvalue weighted by molar-refractivity contribution is 0.474. The highest BCUT2D eigenvalue weighted by Gasteiger charge is 2.22. The van der Waals surface area contributed by atoms with Crippen LogP contribution >= 0.6 is 11.3 Å². The zero-order valence-corrected chi connectivity index (χ0v) is 17.4. The molecule has 30 heavy (non-hydrogen) atoms. The molecule has 7 nitrogen and oxygen atoms in total. The summed E-state index contributed by atoms with van der Waals surface area (Å²) in [6.07, 6.45) is 9.16. The number of aromatic hydroxyl groups is 1. The summed E-state index contributed by atoms with van der Waals surface area (Å²) in [5.74, 6) is 0.753. The molecule has 1 fully saturated rings. The fourth-order valence-electron chi connectivity index (χ4n) is 3.44. The van der Waals surface area contributed by atoms with Gasteiger partial charge in [0.1, 0.15) is 11.4 Å². The summed E-state index contributed by atoms with van der Waals surface area (Å²) < 4.78 is 0. The number of nitrogens with one attached hydrogen (secondary N) is 1. The molecule has 8 heteroatoms. The van der Waals surface area contributed by atoms with Crippen LogP contribution in [0.15, 0.2) is 43.0 Å². The van der Waals surface area contributed by atoms with E-state index >= 15 is 0 Å². The predicted molar refractivity (Wildman–Crippen MR) is 117 cm³/mol. The van der Waals surface area contributed by atoms with Crippen molar-refractivity contribution in [2.75, 3.05) is 5.32 Å². The van der Waals surface area contributed by atoms with E-state index in [1.165, 1.54) is 12.8 Å². The molecule has 0 bridgehead atoms. The number of aryl methyl sites for hydroxylation is 2. The van der Waals surface area contributed by atoms with E-state index in [4.69, 9.17) is 9.97 Å². The SMILES string of the molecule is Cc1cc(O)cc(C)c1-c1cc(-c2cnc(NC3CC3)s2)nc(-c2cnccn2)n1. The van der Waals surface area contributed by atoms with Gasteiger partial charge in [-0.3, -0.25) is 4.98 Å². The lowest BCUT2D eigenvalue weighted by atomic mass is 9.98. The minimum absolute atomic E-state index is 0.246. The van der Waals surface area contributed by atoms with Gasteiger partial charge in [-0.2, -0.15) is 0 Å². The third-order valence-electron chi connectivity index (χ3n) is 4.96. The molecule has 0 amide bonds.